The van der Waals surface area contributed by atoms with Crippen LogP contribution in [0.15, 0.2) is 54.7 Å². The molecule has 2 aromatic rings. The number of primary amides is 1. The van der Waals surface area contributed by atoms with Crippen molar-refractivity contribution in [2.45, 2.75) is 43.6 Å². The molecular formula is C26H30F3N5O4. The van der Waals surface area contributed by atoms with Crippen molar-refractivity contribution in [1.29, 1.82) is 0 Å². The lowest BCUT2D eigenvalue weighted by atomic mass is 9.84. The van der Waals surface area contributed by atoms with Crippen molar-refractivity contribution in [3.63, 3.8) is 0 Å². The zero-order valence-electron chi connectivity index (χ0n) is 21.0. The number of pyridine rings is 1. The molecule has 2 atom stereocenters. The summed E-state index contributed by atoms with van der Waals surface area (Å²) in [4.78, 5) is 46.7. The summed E-state index contributed by atoms with van der Waals surface area (Å²) in [6, 6.07) is 13.5. The number of carbonyl (C=O) groups is 3. The minimum absolute atomic E-state index is 0.0560. The molecule has 4 rings (SSSR count). The van der Waals surface area contributed by atoms with Crippen LogP contribution in [0.3, 0.4) is 0 Å². The molecule has 0 aliphatic carbocycles. The van der Waals surface area contributed by atoms with Crippen molar-refractivity contribution in [2.75, 3.05) is 32.8 Å². The highest BCUT2D eigenvalue weighted by molar-refractivity contribution is 6.07. The summed E-state index contributed by atoms with van der Waals surface area (Å²) in [6.45, 7) is 0.341. The van der Waals surface area contributed by atoms with Gasteiger partial charge in [0.2, 0.25) is 5.91 Å². The lowest BCUT2D eigenvalue weighted by Gasteiger charge is -2.50. The molecule has 38 heavy (non-hydrogen) atoms. The van der Waals surface area contributed by atoms with Gasteiger partial charge < -0.3 is 15.4 Å². The van der Waals surface area contributed by atoms with E-state index >= 15 is 0 Å². The largest absolute Gasteiger partial charge is 0.406 e. The molecule has 1 aromatic carbocycles. The number of amides is 4. The Morgan fingerprint density at radius 3 is 2.45 bits per heavy atom. The van der Waals surface area contributed by atoms with Gasteiger partial charge in [-0.3, -0.25) is 24.4 Å². The first kappa shape index (κ1) is 27.5. The van der Waals surface area contributed by atoms with Gasteiger partial charge in [0.25, 0.3) is 5.91 Å². The van der Waals surface area contributed by atoms with Crippen LogP contribution in [-0.4, -0.2) is 87.6 Å². The van der Waals surface area contributed by atoms with E-state index in [9.17, 15) is 27.6 Å². The molecule has 0 radical (unpaired) electrons. The van der Waals surface area contributed by atoms with Gasteiger partial charge in [0, 0.05) is 44.6 Å². The van der Waals surface area contributed by atoms with Crippen LogP contribution in [0.25, 0.3) is 0 Å². The number of aromatic nitrogens is 1. The van der Waals surface area contributed by atoms with Crippen LogP contribution >= 0.6 is 0 Å². The van der Waals surface area contributed by atoms with Gasteiger partial charge in [0.15, 0.2) is 0 Å². The van der Waals surface area contributed by atoms with Crippen LogP contribution in [-0.2, 0) is 27.4 Å². The average Bonchev–Trinajstić information content (AvgIpc) is 3.07. The predicted octanol–water partition coefficient (Wildman–Crippen LogP) is 2.36. The minimum Gasteiger partial charge on any atom is -0.377 e. The van der Waals surface area contributed by atoms with Gasteiger partial charge in [-0.1, -0.05) is 36.4 Å². The molecule has 2 fully saturated rings. The molecule has 9 nitrogen and oxygen atoms in total. The Bertz CT molecular complexity index is 1170. The third-order valence-corrected chi connectivity index (χ3v) is 7.28. The monoisotopic (exact) mass is 533 g/mol. The third kappa shape index (κ3) is 5.51. The number of nitrogens with two attached hydrogens (primary N) is 1. The number of ether oxygens (including phenoxy) is 1. The normalized spacial score (nSPS) is 21.9. The summed E-state index contributed by atoms with van der Waals surface area (Å²) >= 11 is 0. The van der Waals surface area contributed by atoms with E-state index in [1.54, 1.807) is 30.0 Å². The second-order valence-electron chi connectivity index (χ2n) is 9.82. The highest BCUT2D eigenvalue weighted by atomic mass is 19.4. The van der Waals surface area contributed by atoms with Crippen molar-refractivity contribution < 1.29 is 32.3 Å². The number of rotatable bonds is 10. The molecule has 0 unspecified atom stereocenters. The van der Waals surface area contributed by atoms with E-state index < -0.39 is 41.6 Å². The second kappa shape index (κ2) is 10.7. The number of fused-ring (bicyclic) bond motifs is 1. The fourth-order valence-corrected chi connectivity index (χ4v) is 5.10. The van der Waals surface area contributed by atoms with Crippen molar-refractivity contribution in [3.05, 3.63) is 66.0 Å². The molecule has 3 heterocycles. The molecule has 1 aromatic heterocycles. The Kier molecular flexibility index (Phi) is 7.75. The summed E-state index contributed by atoms with van der Waals surface area (Å²) in [5.41, 5.74) is 4.27. The Morgan fingerprint density at radius 1 is 1.11 bits per heavy atom. The van der Waals surface area contributed by atoms with E-state index in [0.717, 1.165) is 5.56 Å². The van der Waals surface area contributed by atoms with Crippen LogP contribution < -0.4 is 5.73 Å². The molecule has 2 saturated heterocycles. The molecule has 2 aliphatic heterocycles. The highest BCUT2D eigenvalue weighted by Gasteiger charge is 2.62. The number of carbonyl (C=O) groups excluding carboxylic acids is 3. The molecule has 204 valence electrons. The number of urea groups is 1. The molecule has 2 aliphatic rings. The molecule has 4 amide bonds. The Labute approximate surface area is 218 Å². The maximum Gasteiger partial charge on any atom is 0.406 e. The Hall–Kier alpha value is -3.51. The van der Waals surface area contributed by atoms with Gasteiger partial charge in [-0.25, -0.2) is 4.79 Å². The van der Waals surface area contributed by atoms with E-state index in [4.69, 9.17) is 10.5 Å². The van der Waals surface area contributed by atoms with Crippen molar-refractivity contribution in [3.8, 4) is 0 Å². The lowest BCUT2D eigenvalue weighted by Crippen LogP contribution is -2.70. The van der Waals surface area contributed by atoms with Crippen LogP contribution in [0.5, 0.6) is 0 Å². The standard InChI is InChI=1S/C26H30F3N5O4/c1-24(21(30)35,10-14-38-16-19-7-3-2-4-8-19)32-12-13-34-23(37)33(18-26(27,28)29)22(36)25(34,17-32)15-20-9-5-6-11-31-20/h2-9,11H,10,12-18H2,1H3,(H2,30,35)/t24-,25+/m1/s1. The quantitative estimate of drug-likeness (QED) is 0.371. The van der Waals surface area contributed by atoms with Gasteiger partial charge in [-0.15, -0.1) is 0 Å². The first-order valence-corrected chi connectivity index (χ1v) is 12.2. The molecule has 0 saturated carbocycles. The fraction of sp³-hybridized carbons (Fsp3) is 0.462. The molecular weight excluding hydrogens is 503 g/mol. The molecule has 0 bridgehead atoms. The smallest absolute Gasteiger partial charge is 0.377 e. The highest BCUT2D eigenvalue weighted by Crippen LogP contribution is 2.38. The second-order valence-corrected chi connectivity index (χ2v) is 9.82. The van der Waals surface area contributed by atoms with E-state index in [0.29, 0.717) is 12.3 Å². The molecule has 2 N–H and O–H groups in total. The topological polar surface area (TPSA) is 109 Å². The predicted molar refractivity (Wildman–Crippen MR) is 130 cm³/mol. The summed E-state index contributed by atoms with van der Waals surface area (Å²) < 4.78 is 45.6. The lowest BCUT2D eigenvalue weighted by molar-refractivity contribution is -0.157. The van der Waals surface area contributed by atoms with Crippen LogP contribution in [0.2, 0.25) is 0 Å². The van der Waals surface area contributed by atoms with Gasteiger partial charge in [-0.2, -0.15) is 13.2 Å². The average molecular weight is 534 g/mol. The van der Waals surface area contributed by atoms with Crippen molar-refractivity contribution >= 4 is 17.8 Å². The van der Waals surface area contributed by atoms with Gasteiger partial charge >= 0.3 is 12.2 Å². The molecule has 0 spiro atoms. The number of piperazine rings is 1. The summed E-state index contributed by atoms with van der Waals surface area (Å²) in [7, 11) is 0. The van der Waals surface area contributed by atoms with Crippen molar-refractivity contribution in [1.82, 2.24) is 19.7 Å². The van der Waals surface area contributed by atoms with Crippen LogP contribution in [0.4, 0.5) is 18.0 Å². The van der Waals surface area contributed by atoms with E-state index in [1.807, 2.05) is 30.3 Å². The first-order chi connectivity index (χ1) is 18.0. The van der Waals surface area contributed by atoms with Crippen LogP contribution in [0, 0.1) is 0 Å². The Balaban J connectivity index is 1.59. The number of halogens is 3. The van der Waals surface area contributed by atoms with Gasteiger partial charge in [0.1, 0.15) is 12.1 Å². The van der Waals surface area contributed by atoms with E-state index in [-0.39, 0.29) is 44.0 Å². The van der Waals surface area contributed by atoms with Crippen LogP contribution in [0.1, 0.15) is 24.6 Å². The summed E-state index contributed by atoms with van der Waals surface area (Å²) in [5.74, 6) is -1.63. The minimum atomic E-state index is -4.76. The van der Waals surface area contributed by atoms with Crippen molar-refractivity contribution in [2.24, 2.45) is 5.73 Å². The maximum atomic E-state index is 13.6. The fourth-order valence-electron chi connectivity index (χ4n) is 5.10. The Morgan fingerprint density at radius 2 is 1.82 bits per heavy atom. The zero-order chi connectivity index (χ0) is 27.6. The van der Waals surface area contributed by atoms with E-state index in [2.05, 4.69) is 4.98 Å². The SMILES string of the molecule is C[C@@](CCOCc1ccccc1)(C(N)=O)N1CCN2C(=O)N(CC(F)(F)F)C(=O)[C@]2(Cc2ccccn2)C1. The molecule has 12 heteroatoms. The summed E-state index contributed by atoms with van der Waals surface area (Å²) in [6.07, 6.45) is -3.18. The number of alkyl halides is 3. The number of hydrogen-bond donors (Lipinski definition) is 1. The number of imide groups is 1. The first-order valence-electron chi connectivity index (χ1n) is 12.2. The van der Waals surface area contributed by atoms with Gasteiger partial charge in [-0.05, 0) is 31.0 Å². The number of nitrogens with zero attached hydrogens (tertiary/aromatic N) is 4. The van der Waals surface area contributed by atoms with E-state index in [1.165, 1.54) is 11.1 Å². The van der Waals surface area contributed by atoms with Gasteiger partial charge in [0.05, 0.1) is 12.1 Å². The number of benzene rings is 1. The summed E-state index contributed by atoms with van der Waals surface area (Å²) in [5, 5.41) is 0. The maximum absolute atomic E-state index is 13.6. The zero-order valence-corrected chi connectivity index (χ0v) is 21.0. The number of hydrogen-bond acceptors (Lipinski definition) is 6. The third-order valence-electron chi connectivity index (χ3n) is 7.28.